The molecular formula is C17H24Cl2FN3. The Labute approximate surface area is 149 Å². The van der Waals surface area contributed by atoms with Gasteiger partial charge >= 0.3 is 0 Å². The van der Waals surface area contributed by atoms with Crippen LogP contribution < -0.4 is 5.73 Å². The lowest BCUT2D eigenvalue weighted by Gasteiger charge is -2.35. The summed E-state index contributed by atoms with van der Waals surface area (Å²) in [4.78, 5) is 6.88. The van der Waals surface area contributed by atoms with Crippen LogP contribution in [0.5, 0.6) is 0 Å². The molecule has 6 heteroatoms. The number of hydrogen-bond donors (Lipinski definition) is 1. The third-order valence-corrected chi connectivity index (χ3v) is 4.37. The molecule has 1 aromatic heterocycles. The molecule has 3 nitrogen and oxygen atoms in total. The minimum absolute atomic E-state index is 0. The molecule has 2 heterocycles. The molecule has 0 saturated carbocycles. The van der Waals surface area contributed by atoms with Crippen LogP contribution in [0, 0.1) is 5.82 Å². The van der Waals surface area contributed by atoms with E-state index in [9.17, 15) is 4.39 Å². The molecule has 1 saturated heterocycles. The maximum atomic E-state index is 13.8. The fourth-order valence-corrected chi connectivity index (χ4v) is 3.35. The van der Waals surface area contributed by atoms with Crippen LogP contribution in [0.1, 0.15) is 31.2 Å². The van der Waals surface area contributed by atoms with Crippen LogP contribution in [-0.4, -0.2) is 29.0 Å². The fraction of sp³-hybridized carbons (Fsp3) is 0.471. The molecule has 1 aliphatic heterocycles. The first-order valence-corrected chi connectivity index (χ1v) is 7.75. The molecule has 0 radical (unpaired) electrons. The average Bonchev–Trinajstić information content (AvgIpc) is 2.49. The standard InChI is InChI=1S/C17H22FN3.2ClH/c18-15-10-13-4-3-8-20-17(13)14(11-15)12-21-9-2-1-5-16(21)6-7-19;;/h3-4,8,10-11,16H,1-2,5-7,9,12,19H2;2*1H. The average molecular weight is 360 g/mol. The van der Waals surface area contributed by atoms with Crippen molar-refractivity contribution in [3.63, 3.8) is 0 Å². The number of piperidine rings is 1. The summed E-state index contributed by atoms with van der Waals surface area (Å²) in [6.45, 7) is 2.54. The number of nitrogens with zero attached hydrogens (tertiary/aromatic N) is 2. The molecule has 0 spiro atoms. The highest BCUT2D eigenvalue weighted by atomic mass is 35.5. The Morgan fingerprint density at radius 3 is 2.87 bits per heavy atom. The van der Waals surface area contributed by atoms with Gasteiger partial charge in [-0.05, 0) is 56.1 Å². The minimum atomic E-state index is -0.183. The lowest BCUT2D eigenvalue weighted by molar-refractivity contribution is 0.134. The SMILES string of the molecule is Cl.Cl.NCCC1CCCCN1Cc1cc(F)cc2cccnc12. The van der Waals surface area contributed by atoms with Crippen molar-refractivity contribution in [1.29, 1.82) is 0 Å². The normalized spacial score (nSPS) is 18.3. The van der Waals surface area contributed by atoms with Crippen LogP contribution in [0.25, 0.3) is 10.9 Å². The second-order valence-electron chi connectivity index (χ2n) is 5.84. The Morgan fingerprint density at radius 1 is 1.26 bits per heavy atom. The van der Waals surface area contributed by atoms with Gasteiger partial charge in [0.15, 0.2) is 0 Å². The van der Waals surface area contributed by atoms with Gasteiger partial charge in [-0.15, -0.1) is 24.8 Å². The Hall–Kier alpha value is -0.940. The van der Waals surface area contributed by atoms with E-state index in [1.54, 1.807) is 18.3 Å². The molecule has 128 valence electrons. The van der Waals surface area contributed by atoms with E-state index in [0.717, 1.165) is 36.0 Å². The molecule has 23 heavy (non-hydrogen) atoms. The molecule has 1 fully saturated rings. The maximum absolute atomic E-state index is 13.8. The number of likely N-dealkylation sites (tertiary alicyclic amines) is 1. The number of hydrogen-bond acceptors (Lipinski definition) is 3. The highest BCUT2D eigenvalue weighted by molar-refractivity contribution is 5.85. The van der Waals surface area contributed by atoms with Crippen LogP contribution in [-0.2, 0) is 6.54 Å². The van der Waals surface area contributed by atoms with E-state index < -0.39 is 0 Å². The number of fused-ring (bicyclic) bond motifs is 1. The van der Waals surface area contributed by atoms with Crippen molar-refractivity contribution >= 4 is 35.7 Å². The van der Waals surface area contributed by atoms with Gasteiger partial charge in [-0.1, -0.05) is 12.5 Å². The van der Waals surface area contributed by atoms with Crippen LogP contribution in [0.3, 0.4) is 0 Å². The zero-order valence-electron chi connectivity index (χ0n) is 13.1. The molecule has 1 aromatic carbocycles. The molecular weight excluding hydrogens is 336 g/mol. The first-order chi connectivity index (χ1) is 10.3. The molecule has 1 aliphatic rings. The predicted molar refractivity (Wildman–Crippen MR) is 97.9 cm³/mol. The highest BCUT2D eigenvalue weighted by Crippen LogP contribution is 2.25. The number of aromatic nitrogens is 1. The van der Waals surface area contributed by atoms with Crippen molar-refractivity contribution in [1.82, 2.24) is 9.88 Å². The van der Waals surface area contributed by atoms with E-state index in [4.69, 9.17) is 5.73 Å². The number of pyridine rings is 1. The van der Waals surface area contributed by atoms with Crippen molar-refractivity contribution in [2.45, 2.75) is 38.3 Å². The van der Waals surface area contributed by atoms with Crippen molar-refractivity contribution < 1.29 is 4.39 Å². The van der Waals surface area contributed by atoms with Crippen LogP contribution in [0.4, 0.5) is 4.39 Å². The molecule has 0 aliphatic carbocycles. The van der Waals surface area contributed by atoms with Gasteiger partial charge in [-0.25, -0.2) is 4.39 Å². The van der Waals surface area contributed by atoms with Gasteiger partial charge in [0.05, 0.1) is 5.52 Å². The molecule has 2 aromatic rings. The lowest BCUT2D eigenvalue weighted by Crippen LogP contribution is -2.40. The predicted octanol–water partition coefficient (Wildman–Crippen LogP) is 3.92. The number of rotatable bonds is 4. The molecule has 0 bridgehead atoms. The monoisotopic (exact) mass is 359 g/mol. The van der Waals surface area contributed by atoms with E-state index in [1.807, 2.05) is 12.1 Å². The summed E-state index contributed by atoms with van der Waals surface area (Å²) in [5.74, 6) is -0.183. The fourth-order valence-electron chi connectivity index (χ4n) is 3.35. The van der Waals surface area contributed by atoms with Crippen LogP contribution >= 0.6 is 24.8 Å². The zero-order valence-corrected chi connectivity index (χ0v) is 14.7. The Kier molecular flexibility index (Phi) is 8.20. The molecule has 0 amide bonds. The topological polar surface area (TPSA) is 42.1 Å². The second kappa shape index (κ2) is 9.38. The first-order valence-electron chi connectivity index (χ1n) is 7.75. The zero-order chi connectivity index (χ0) is 14.7. The third-order valence-electron chi connectivity index (χ3n) is 4.37. The van der Waals surface area contributed by atoms with E-state index in [-0.39, 0.29) is 30.6 Å². The van der Waals surface area contributed by atoms with Gasteiger partial charge in [-0.2, -0.15) is 0 Å². The van der Waals surface area contributed by atoms with Crippen molar-refractivity contribution in [2.24, 2.45) is 5.73 Å². The minimum Gasteiger partial charge on any atom is -0.330 e. The maximum Gasteiger partial charge on any atom is 0.124 e. The molecule has 2 N–H and O–H groups in total. The van der Waals surface area contributed by atoms with Crippen molar-refractivity contribution in [2.75, 3.05) is 13.1 Å². The second-order valence-corrected chi connectivity index (χ2v) is 5.84. The summed E-state index contributed by atoms with van der Waals surface area (Å²) >= 11 is 0. The Balaban J connectivity index is 0.00000132. The molecule has 3 rings (SSSR count). The summed E-state index contributed by atoms with van der Waals surface area (Å²) in [5, 5.41) is 0.875. The number of nitrogens with two attached hydrogens (primary N) is 1. The quantitative estimate of drug-likeness (QED) is 0.899. The van der Waals surface area contributed by atoms with Gasteiger partial charge in [0, 0.05) is 24.2 Å². The van der Waals surface area contributed by atoms with E-state index >= 15 is 0 Å². The van der Waals surface area contributed by atoms with Crippen molar-refractivity contribution in [3.05, 3.63) is 41.8 Å². The molecule has 1 unspecified atom stereocenters. The summed E-state index contributed by atoms with van der Waals surface area (Å²) in [6.07, 6.45) is 6.46. The van der Waals surface area contributed by atoms with E-state index in [0.29, 0.717) is 12.6 Å². The van der Waals surface area contributed by atoms with Gasteiger partial charge in [0.2, 0.25) is 0 Å². The Bertz CT molecular complexity index is 622. The largest absolute Gasteiger partial charge is 0.330 e. The van der Waals surface area contributed by atoms with Gasteiger partial charge in [0.25, 0.3) is 0 Å². The van der Waals surface area contributed by atoms with E-state index in [1.165, 1.54) is 19.3 Å². The summed E-state index contributed by atoms with van der Waals surface area (Å²) in [6, 6.07) is 7.47. The van der Waals surface area contributed by atoms with Gasteiger partial charge in [0.1, 0.15) is 5.82 Å². The highest BCUT2D eigenvalue weighted by Gasteiger charge is 2.22. The van der Waals surface area contributed by atoms with Gasteiger partial charge in [-0.3, -0.25) is 9.88 Å². The Morgan fingerprint density at radius 2 is 2.09 bits per heavy atom. The van der Waals surface area contributed by atoms with Crippen LogP contribution in [0.15, 0.2) is 30.5 Å². The molecule has 1 atom stereocenters. The summed E-state index contributed by atoms with van der Waals surface area (Å²) in [5.41, 5.74) is 7.62. The number of benzene rings is 1. The smallest absolute Gasteiger partial charge is 0.124 e. The number of halogens is 3. The summed E-state index contributed by atoms with van der Waals surface area (Å²) < 4.78 is 13.8. The lowest BCUT2D eigenvalue weighted by atomic mass is 9.98. The van der Waals surface area contributed by atoms with E-state index in [2.05, 4.69) is 9.88 Å². The van der Waals surface area contributed by atoms with Crippen molar-refractivity contribution in [3.8, 4) is 0 Å². The summed E-state index contributed by atoms with van der Waals surface area (Å²) in [7, 11) is 0. The first kappa shape index (κ1) is 20.1. The van der Waals surface area contributed by atoms with Crippen LogP contribution in [0.2, 0.25) is 0 Å². The third kappa shape index (κ3) is 4.77. The van der Waals surface area contributed by atoms with Gasteiger partial charge < -0.3 is 5.73 Å².